The van der Waals surface area contributed by atoms with Gasteiger partial charge >= 0.3 is 11.7 Å². The molecule has 40 heavy (non-hydrogen) atoms. The smallest absolute Gasteiger partial charge is 0.330 e. The summed E-state index contributed by atoms with van der Waals surface area (Å²) >= 11 is 7.03. The van der Waals surface area contributed by atoms with Crippen LogP contribution < -0.4 is 5.69 Å². The number of carbonyl (C=O) groups is 1. The molecule has 1 atom stereocenters. The Balaban J connectivity index is -0.000000280. The minimum Gasteiger partial charge on any atom is -0.481 e. The first-order valence-electron chi connectivity index (χ1n) is 15.6. The third kappa shape index (κ3) is 25.6. The average molecular weight is 604 g/mol. The van der Waals surface area contributed by atoms with Gasteiger partial charge in [0.15, 0.2) is 0 Å². The standard InChI is InChI=1S/C15H25N3OS2.C7H14O2.2C4H10.C2H6/c1-7-10(2)8-9-21-12(4)16-13-11(3)14(20)18(6)15(19)17(13)5;1-2-3-4-5-6-7(8)9;2*1-3-4-2;1-2/h10H,7-9H2,1-6H3;2-6H2,1H3,(H,8,9);2*3-4H2,1-2H3;1-2H3/b16-12+;;;;. The van der Waals surface area contributed by atoms with Crippen molar-refractivity contribution in [3.05, 3.63) is 20.7 Å². The lowest BCUT2D eigenvalue weighted by Gasteiger charge is -2.12. The number of carboxylic acid groups (broad SMARTS) is 1. The van der Waals surface area contributed by atoms with Gasteiger partial charge in [-0.15, -0.1) is 11.8 Å². The second kappa shape index (κ2) is 32.1. The van der Waals surface area contributed by atoms with Crippen LogP contribution in [0, 0.1) is 17.5 Å². The molecule has 1 aromatic rings. The van der Waals surface area contributed by atoms with Crippen molar-refractivity contribution in [3.63, 3.8) is 0 Å². The van der Waals surface area contributed by atoms with Crippen molar-refractivity contribution < 1.29 is 9.90 Å². The highest BCUT2D eigenvalue weighted by atomic mass is 32.2. The van der Waals surface area contributed by atoms with Crippen LogP contribution in [0.4, 0.5) is 5.82 Å². The number of rotatable bonds is 12. The lowest BCUT2D eigenvalue weighted by molar-refractivity contribution is -0.137. The van der Waals surface area contributed by atoms with Crippen LogP contribution in [0.3, 0.4) is 0 Å². The molecule has 1 heterocycles. The fraction of sp³-hybridized carbons (Fsp3) is 0.812. The number of aromatic nitrogens is 2. The molecule has 6 nitrogen and oxygen atoms in total. The first-order valence-corrected chi connectivity index (χ1v) is 16.9. The largest absolute Gasteiger partial charge is 0.481 e. The Morgan fingerprint density at radius 1 is 0.925 bits per heavy atom. The van der Waals surface area contributed by atoms with Gasteiger partial charge in [-0.25, -0.2) is 9.79 Å². The maximum absolute atomic E-state index is 12.1. The van der Waals surface area contributed by atoms with E-state index in [1.54, 1.807) is 30.4 Å². The molecule has 238 valence electrons. The van der Waals surface area contributed by atoms with E-state index in [1.807, 2.05) is 27.7 Å². The highest BCUT2D eigenvalue weighted by Crippen LogP contribution is 2.20. The Bertz CT molecular complexity index is 832. The molecule has 0 aromatic carbocycles. The van der Waals surface area contributed by atoms with Gasteiger partial charge in [0, 0.05) is 26.1 Å². The first-order chi connectivity index (χ1) is 18.9. The predicted octanol–water partition coefficient (Wildman–Crippen LogP) is 10.7. The van der Waals surface area contributed by atoms with Crippen LogP contribution >= 0.6 is 24.0 Å². The fourth-order valence-electron chi connectivity index (χ4n) is 2.66. The number of hydrogen-bond donors (Lipinski definition) is 1. The fourth-order valence-corrected chi connectivity index (χ4v) is 3.79. The van der Waals surface area contributed by atoms with Crippen LogP contribution in [0.15, 0.2) is 9.79 Å². The van der Waals surface area contributed by atoms with E-state index in [0.717, 1.165) is 41.5 Å². The minimum atomic E-state index is -0.675. The van der Waals surface area contributed by atoms with Gasteiger partial charge in [-0.2, -0.15) is 0 Å². The third-order valence-corrected chi connectivity index (χ3v) is 7.51. The van der Waals surface area contributed by atoms with E-state index in [9.17, 15) is 9.59 Å². The second-order valence-corrected chi connectivity index (χ2v) is 11.3. The van der Waals surface area contributed by atoms with Gasteiger partial charge in [0.2, 0.25) is 0 Å². The number of unbranched alkanes of at least 4 members (excludes halogenated alkanes) is 5. The molecule has 0 spiro atoms. The Labute approximate surface area is 257 Å². The Morgan fingerprint density at radius 2 is 1.43 bits per heavy atom. The lowest BCUT2D eigenvalue weighted by atomic mass is 10.1. The molecule has 1 rings (SSSR count). The molecule has 0 fully saturated rings. The maximum Gasteiger partial charge on any atom is 0.330 e. The van der Waals surface area contributed by atoms with Crippen molar-refractivity contribution in [2.45, 2.75) is 147 Å². The van der Waals surface area contributed by atoms with Crippen molar-refractivity contribution in [2.75, 3.05) is 5.75 Å². The van der Waals surface area contributed by atoms with Crippen LogP contribution in [0.2, 0.25) is 0 Å². The van der Waals surface area contributed by atoms with Gasteiger partial charge in [0.25, 0.3) is 0 Å². The molecule has 0 saturated heterocycles. The molecule has 1 N–H and O–H groups in total. The highest BCUT2D eigenvalue weighted by molar-refractivity contribution is 8.13. The lowest BCUT2D eigenvalue weighted by Crippen LogP contribution is -2.28. The van der Waals surface area contributed by atoms with Crippen molar-refractivity contribution >= 4 is 40.8 Å². The number of thioether (sulfide) groups is 1. The summed E-state index contributed by atoms with van der Waals surface area (Å²) in [5.41, 5.74) is 0.734. The van der Waals surface area contributed by atoms with Crippen molar-refractivity contribution in [1.82, 2.24) is 9.13 Å². The molecular formula is C32H65N3O3S2. The minimum absolute atomic E-state index is 0.137. The number of nitrogens with zero attached hydrogens (tertiary/aromatic N) is 3. The normalized spacial score (nSPS) is 10.9. The molecule has 0 aliphatic rings. The predicted molar refractivity (Wildman–Crippen MR) is 184 cm³/mol. The zero-order valence-corrected chi connectivity index (χ0v) is 30.1. The molecule has 8 heteroatoms. The number of aliphatic imine (C=N–C) groups is 1. The molecule has 0 aliphatic carbocycles. The summed E-state index contributed by atoms with van der Waals surface area (Å²) in [5.74, 6) is 1.78. The van der Waals surface area contributed by atoms with Gasteiger partial charge in [0.05, 0.1) is 5.04 Å². The number of carboxylic acids is 1. The Morgan fingerprint density at radius 3 is 1.82 bits per heavy atom. The Kier molecular flexibility index (Phi) is 36.6. The van der Waals surface area contributed by atoms with E-state index in [2.05, 4.69) is 53.5 Å². The quantitative estimate of drug-likeness (QED) is 0.111. The summed E-state index contributed by atoms with van der Waals surface area (Å²) in [6.45, 7) is 23.2. The summed E-state index contributed by atoms with van der Waals surface area (Å²) in [4.78, 5) is 26.6. The van der Waals surface area contributed by atoms with Crippen molar-refractivity contribution in [2.24, 2.45) is 25.0 Å². The Hall–Kier alpha value is -1.41. The van der Waals surface area contributed by atoms with Gasteiger partial charge in [-0.1, -0.05) is 126 Å². The molecule has 0 saturated carbocycles. The summed E-state index contributed by atoms with van der Waals surface area (Å²) in [5, 5.41) is 9.18. The molecule has 0 radical (unpaired) electrons. The first kappa shape index (κ1) is 45.6. The summed E-state index contributed by atoms with van der Waals surface area (Å²) in [7, 11) is 3.43. The monoisotopic (exact) mass is 603 g/mol. The van der Waals surface area contributed by atoms with Gasteiger partial charge < -0.3 is 5.11 Å². The SMILES string of the molecule is CC.CCC(C)CCS/C(C)=N/c1c(C)c(=S)n(C)c(=O)n1C.CCCC.CCCC.CCCCCCC(=O)O. The molecule has 1 aromatic heterocycles. The maximum atomic E-state index is 12.1. The summed E-state index contributed by atoms with van der Waals surface area (Å²) in [6.07, 6.45) is 12.2. The summed E-state index contributed by atoms with van der Waals surface area (Å²) in [6, 6.07) is 0. The molecule has 0 aliphatic heterocycles. The van der Waals surface area contributed by atoms with Crippen LogP contribution in [-0.2, 0) is 18.9 Å². The van der Waals surface area contributed by atoms with E-state index < -0.39 is 5.97 Å². The van der Waals surface area contributed by atoms with Crippen LogP contribution in [-0.4, -0.2) is 31.0 Å². The van der Waals surface area contributed by atoms with E-state index in [-0.39, 0.29) is 5.69 Å². The summed E-state index contributed by atoms with van der Waals surface area (Å²) < 4.78 is 3.59. The van der Waals surface area contributed by atoms with Crippen LogP contribution in [0.1, 0.15) is 145 Å². The van der Waals surface area contributed by atoms with E-state index in [1.165, 1.54) is 49.5 Å². The zero-order valence-electron chi connectivity index (χ0n) is 28.5. The van der Waals surface area contributed by atoms with E-state index in [4.69, 9.17) is 17.3 Å². The van der Waals surface area contributed by atoms with Gasteiger partial charge in [0.1, 0.15) is 10.5 Å². The molecule has 0 amide bonds. The highest BCUT2D eigenvalue weighted by Gasteiger charge is 2.09. The van der Waals surface area contributed by atoms with Crippen molar-refractivity contribution in [1.29, 1.82) is 0 Å². The van der Waals surface area contributed by atoms with Crippen molar-refractivity contribution in [3.8, 4) is 0 Å². The topological polar surface area (TPSA) is 76.6 Å². The number of aliphatic carboxylic acids is 1. The van der Waals surface area contributed by atoms with E-state index >= 15 is 0 Å². The average Bonchev–Trinajstić information content (AvgIpc) is 2.96. The second-order valence-electron chi connectivity index (χ2n) is 9.64. The van der Waals surface area contributed by atoms with Crippen LogP contribution in [0.5, 0.6) is 0 Å². The molecular weight excluding hydrogens is 539 g/mol. The van der Waals surface area contributed by atoms with Crippen LogP contribution in [0.25, 0.3) is 0 Å². The van der Waals surface area contributed by atoms with E-state index in [0.29, 0.717) is 16.9 Å². The molecule has 0 bridgehead atoms. The number of hydrogen-bond acceptors (Lipinski definition) is 5. The van der Waals surface area contributed by atoms with Gasteiger partial charge in [-0.05, 0) is 38.4 Å². The zero-order chi connectivity index (χ0) is 32.1. The van der Waals surface area contributed by atoms with Gasteiger partial charge in [-0.3, -0.25) is 13.9 Å². The molecule has 1 unspecified atom stereocenters. The third-order valence-electron chi connectivity index (χ3n) is 5.98.